The van der Waals surface area contributed by atoms with Crippen molar-refractivity contribution in [3.05, 3.63) is 80.7 Å². The zero-order valence-corrected chi connectivity index (χ0v) is 15.9. The molecular formula is C20H14Cl2FNO3. The molecule has 1 heterocycles. The fourth-order valence-corrected chi connectivity index (χ4v) is 3.23. The summed E-state index contributed by atoms with van der Waals surface area (Å²) < 4.78 is 18.1. The van der Waals surface area contributed by atoms with E-state index in [-0.39, 0.29) is 16.2 Å². The molecule has 0 N–H and O–H groups in total. The monoisotopic (exact) mass is 405 g/mol. The number of amides is 1. The summed E-state index contributed by atoms with van der Waals surface area (Å²) in [4.78, 5) is 26.7. The number of carbonyl (C=O) groups excluding carboxylic acids is 2. The summed E-state index contributed by atoms with van der Waals surface area (Å²) in [6, 6.07) is 10.4. The summed E-state index contributed by atoms with van der Waals surface area (Å²) >= 11 is 12.2. The van der Waals surface area contributed by atoms with E-state index in [0.717, 1.165) is 0 Å². The van der Waals surface area contributed by atoms with Crippen LogP contribution < -0.4 is 4.90 Å². The van der Waals surface area contributed by atoms with Gasteiger partial charge in [0.1, 0.15) is 5.82 Å². The number of anilines is 1. The van der Waals surface area contributed by atoms with Crippen LogP contribution in [0.1, 0.15) is 12.5 Å². The SMILES string of the molecule is COC(=O)C1=C(C)N(c2ccc(F)cc2)C(=O)C1=Cc1cccc(Cl)c1Cl. The molecule has 0 fully saturated rings. The Morgan fingerprint density at radius 1 is 1.15 bits per heavy atom. The highest BCUT2D eigenvalue weighted by molar-refractivity contribution is 6.43. The van der Waals surface area contributed by atoms with Gasteiger partial charge in [-0.3, -0.25) is 9.69 Å². The third-order valence-corrected chi connectivity index (χ3v) is 4.99. The maximum Gasteiger partial charge on any atom is 0.340 e. The quantitative estimate of drug-likeness (QED) is 0.532. The van der Waals surface area contributed by atoms with Gasteiger partial charge in [-0.2, -0.15) is 0 Å². The molecule has 0 atom stereocenters. The Balaban J connectivity index is 2.17. The Kier molecular flexibility index (Phi) is 5.35. The van der Waals surface area contributed by atoms with Gasteiger partial charge in [-0.25, -0.2) is 9.18 Å². The minimum atomic E-state index is -0.658. The van der Waals surface area contributed by atoms with E-state index in [1.54, 1.807) is 25.1 Å². The molecule has 27 heavy (non-hydrogen) atoms. The molecule has 0 saturated carbocycles. The van der Waals surface area contributed by atoms with Crippen molar-refractivity contribution in [1.82, 2.24) is 0 Å². The standard InChI is InChI=1S/C20H14Cl2FNO3/c1-11-17(20(26)27-2)15(10-12-4-3-5-16(21)18(12)22)19(25)24(11)14-8-6-13(23)7-9-14/h3-10H,1-2H3. The Labute approximate surface area is 165 Å². The molecule has 1 aliphatic heterocycles. The van der Waals surface area contributed by atoms with Crippen LogP contribution in [0.15, 0.2) is 59.3 Å². The molecule has 1 amide bonds. The third kappa shape index (κ3) is 3.48. The lowest BCUT2D eigenvalue weighted by Crippen LogP contribution is -2.24. The lowest BCUT2D eigenvalue weighted by molar-refractivity contribution is -0.136. The van der Waals surface area contributed by atoms with Crippen molar-refractivity contribution in [2.45, 2.75) is 6.92 Å². The molecule has 0 unspecified atom stereocenters. The molecule has 0 radical (unpaired) electrons. The van der Waals surface area contributed by atoms with Gasteiger partial charge in [0, 0.05) is 11.4 Å². The molecule has 2 aromatic carbocycles. The Morgan fingerprint density at radius 3 is 2.44 bits per heavy atom. The smallest absolute Gasteiger partial charge is 0.340 e. The van der Waals surface area contributed by atoms with Gasteiger partial charge in [0.25, 0.3) is 5.91 Å². The van der Waals surface area contributed by atoms with Crippen LogP contribution in [0.25, 0.3) is 6.08 Å². The molecule has 2 aromatic rings. The number of nitrogens with zero attached hydrogens (tertiary/aromatic N) is 1. The molecular weight excluding hydrogens is 392 g/mol. The number of carbonyl (C=O) groups is 2. The van der Waals surface area contributed by atoms with E-state index < -0.39 is 17.7 Å². The van der Waals surface area contributed by atoms with E-state index >= 15 is 0 Å². The van der Waals surface area contributed by atoms with Gasteiger partial charge in [-0.15, -0.1) is 0 Å². The normalized spacial score (nSPS) is 15.7. The van der Waals surface area contributed by atoms with Crippen molar-refractivity contribution in [3.63, 3.8) is 0 Å². The number of halogens is 3. The van der Waals surface area contributed by atoms with E-state index in [1.807, 2.05) is 0 Å². The van der Waals surface area contributed by atoms with E-state index in [1.165, 1.54) is 42.4 Å². The minimum Gasteiger partial charge on any atom is -0.465 e. The van der Waals surface area contributed by atoms with Gasteiger partial charge in [0.15, 0.2) is 0 Å². The molecule has 4 nitrogen and oxygen atoms in total. The number of hydrogen-bond acceptors (Lipinski definition) is 3. The Morgan fingerprint density at radius 2 is 1.81 bits per heavy atom. The molecule has 0 aromatic heterocycles. The van der Waals surface area contributed by atoms with E-state index in [0.29, 0.717) is 22.0 Å². The first-order valence-electron chi connectivity index (χ1n) is 7.90. The van der Waals surface area contributed by atoms with Crippen LogP contribution in [0.2, 0.25) is 10.0 Å². The molecule has 0 saturated heterocycles. The third-order valence-electron chi connectivity index (χ3n) is 4.16. The summed E-state index contributed by atoms with van der Waals surface area (Å²) in [6.07, 6.45) is 1.50. The first-order valence-corrected chi connectivity index (χ1v) is 8.66. The Hall–Kier alpha value is -2.63. The predicted molar refractivity (Wildman–Crippen MR) is 103 cm³/mol. The minimum absolute atomic E-state index is 0.114. The summed E-state index contributed by atoms with van der Waals surface area (Å²) in [5.41, 5.74) is 1.53. The van der Waals surface area contributed by atoms with Gasteiger partial charge in [-0.1, -0.05) is 35.3 Å². The highest BCUT2D eigenvalue weighted by atomic mass is 35.5. The summed E-state index contributed by atoms with van der Waals surface area (Å²) in [5.74, 6) is -1.54. The zero-order chi connectivity index (χ0) is 19.7. The number of ether oxygens (including phenoxy) is 1. The van der Waals surface area contributed by atoms with Crippen molar-refractivity contribution in [1.29, 1.82) is 0 Å². The van der Waals surface area contributed by atoms with Gasteiger partial charge < -0.3 is 4.74 Å². The highest BCUT2D eigenvalue weighted by Crippen LogP contribution is 2.37. The maximum absolute atomic E-state index is 13.2. The fraction of sp³-hybridized carbons (Fsp3) is 0.100. The predicted octanol–water partition coefficient (Wildman–Crippen LogP) is 5.01. The van der Waals surface area contributed by atoms with Crippen molar-refractivity contribution >= 4 is 46.8 Å². The molecule has 1 aliphatic rings. The van der Waals surface area contributed by atoms with Crippen LogP contribution in [0.3, 0.4) is 0 Å². The number of hydrogen-bond donors (Lipinski definition) is 0. The van der Waals surface area contributed by atoms with Gasteiger partial charge >= 0.3 is 5.97 Å². The number of allylic oxidation sites excluding steroid dienone is 1. The first-order chi connectivity index (χ1) is 12.8. The van der Waals surface area contributed by atoms with Crippen LogP contribution in [-0.2, 0) is 14.3 Å². The lowest BCUT2D eigenvalue weighted by atomic mass is 10.0. The van der Waals surface area contributed by atoms with Crippen molar-refractivity contribution in [2.24, 2.45) is 0 Å². The van der Waals surface area contributed by atoms with Crippen LogP contribution in [0.4, 0.5) is 10.1 Å². The van der Waals surface area contributed by atoms with Crippen LogP contribution in [0, 0.1) is 5.82 Å². The number of rotatable bonds is 3. The second-order valence-corrected chi connectivity index (χ2v) is 6.56. The molecule has 0 spiro atoms. The average Bonchev–Trinajstić information content (AvgIpc) is 2.89. The van der Waals surface area contributed by atoms with E-state index in [9.17, 15) is 14.0 Å². The van der Waals surface area contributed by atoms with E-state index in [2.05, 4.69) is 0 Å². The largest absolute Gasteiger partial charge is 0.465 e. The van der Waals surface area contributed by atoms with Crippen molar-refractivity contribution in [2.75, 3.05) is 12.0 Å². The molecule has 138 valence electrons. The molecule has 0 aliphatic carbocycles. The zero-order valence-electron chi connectivity index (χ0n) is 14.4. The van der Waals surface area contributed by atoms with Crippen LogP contribution in [-0.4, -0.2) is 19.0 Å². The Bertz CT molecular complexity index is 997. The molecule has 3 rings (SSSR count). The topological polar surface area (TPSA) is 46.6 Å². The van der Waals surface area contributed by atoms with Crippen molar-refractivity contribution < 1.29 is 18.7 Å². The molecule has 7 heteroatoms. The van der Waals surface area contributed by atoms with Gasteiger partial charge in [-0.05, 0) is 48.9 Å². The van der Waals surface area contributed by atoms with Gasteiger partial charge in [0.2, 0.25) is 0 Å². The van der Waals surface area contributed by atoms with Crippen LogP contribution in [0.5, 0.6) is 0 Å². The number of benzene rings is 2. The fourth-order valence-electron chi connectivity index (χ4n) is 2.87. The summed E-state index contributed by atoms with van der Waals surface area (Å²) in [5, 5.41) is 0.591. The number of methoxy groups -OCH3 is 1. The number of esters is 1. The molecule has 0 bridgehead atoms. The van der Waals surface area contributed by atoms with E-state index in [4.69, 9.17) is 27.9 Å². The summed E-state index contributed by atoms with van der Waals surface area (Å²) in [6.45, 7) is 1.62. The highest BCUT2D eigenvalue weighted by Gasteiger charge is 2.38. The lowest BCUT2D eigenvalue weighted by Gasteiger charge is -2.17. The average molecular weight is 406 g/mol. The van der Waals surface area contributed by atoms with Crippen LogP contribution >= 0.6 is 23.2 Å². The second-order valence-electron chi connectivity index (χ2n) is 5.77. The summed E-state index contributed by atoms with van der Waals surface area (Å²) in [7, 11) is 1.23. The second kappa shape index (κ2) is 7.55. The first kappa shape index (κ1) is 19.1. The van der Waals surface area contributed by atoms with Gasteiger partial charge in [0.05, 0.1) is 28.3 Å². The maximum atomic E-state index is 13.2. The van der Waals surface area contributed by atoms with Crippen molar-refractivity contribution in [3.8, 4) is 0 Å².